The van der Waals surface area contributed by atoms with Gasteiger partial charge in [0.15, 0.2) is 17.9 Å². The van der Waals surface area contributed by atoms with Crippen molar-refractivity contribution >= 4 is 23.4 Å². The minimum atomic E-state index is -2.33. The second-order valence-corrected chi connectivity index (χ2v) is 12.3. The van der Waals surface area contributed by atoms with E-state index < -0.39 is 102 Å². The van der Waals surface area contributed by atoms with Crippen LogP contribution < -0.4 is 10.1 Å². The molecule has 6 N–H and O–H groups in total. The average Bonchev–Trinajstić information content (AvgIpc) is 3.09. The minimum Gasteiger partial charge on any atom is -0.507 e. The van der Waals surface area contributed by atoms with Crippen molar-refractivity contribution in [2.45, 2.75) is 69.0 Å². The third-order valence-corrected chi connectivity index (χ3v) is 9.28. The Hall–Kier alpha value is -4.86. The number of alkyl carbamates (subject to hydrolysis) is 1. The van der Waals surface area contributed by atoms with Crippen LogP contribution in [-0.2, 0) is 32.0 Å². The van der Waals surface area contributed by atoms with Gasteiger partial charge in [-0.1, -0.05) is 42.5 Å². The first-order chi connectivity index (χ1) is 23.4. The zero-order chi connectivity index (χ0) is 35.2. The Labute approximate surface area is 279 Å². The van der Waals surface area contributed by atoms with Gasteiger partial charge < -0.3 is 49.8 Å². The predicted molar refractivity (Wildman–Crippen MR) is 167 cm³/mol. The number of hydrogen-bond acceptors (Lipinski definition) is 13. The van der Waals surface area contributed by atoms with Crippen molar-refractivity contribution in [2.24, 2.45) is 0 Å². The van der Waals surface area contributed by atoms with Crippen LogP contribution in [0.1, 0.15) is 74.4 Å². The predicted octanol–water partition coefficient (Wildman–Crippen LogP) is 1.97. The molecule has 49 heavy (non-hydrogen) atoms. The van der Waals surface area contributed by atoms with Gasteiger partial charge in [-0.05, 0) is 18.6 Å². The highest BCUT2D eigenvalue weighted by atomic mass is 16.7. The molecule has 0 radical (unpaired) electrons. The summed E-state index contributed by atoms with van der Waals surface area (Å²) >= 11 is 0. The fraction of sp³-hybridized carbons (Fsp3) is 0.371. The summed E-state index contributed by atoms with van der Waals surface area (Å²) in [5.41, 5.74) is -3.25. The van der Waals surface area contributed by atoms with Crippen LogP contribution in [-0.4, -0.2) is 92.8 Å². The molecule has 3 aromatic carbocycles. The fourth-order valence-corrected chi connectivity index (χ4v) is 6.77. The van der Waals surface area contributed by atoms with Gasteiger partial charge in [-0.15, -0.1) is 0 Å². The van der Waals surface area contributed by atoms with Crippen LogP contribution in [0.2, 0.25) is 0 Å². The molecule has 0 bridgehead atoms. The molecule has 1 aliphatic heterocycles. The van der Waals surface area contributed by atoms with Gasteiger partial charge in [-0.25, -0.2) is 4.79 Å². The molecular weight excluding hydrogens is 642 g/mol. The monoisotopic (exact) mass is 677 g/mol. The van der Waals surface area contributed by atoms with E-state index in [1.807, 2.05) is 6.07 Å². The number of benzene rings is 3. The maximum Gasteiger partial charge on any atom is 0.407 e. The number of ketones is 3. The number of methoxy groups -OCH3 is 1. The lowest BCUT2D eigenvalue weighted by molar-refractivity contribution is -0.249. The van der Waals surface area contributed by atoms with Gasteiger partial charge in [0.05, 0.1) is 42.0 Å². The first-order valence-electron chi connectivity index (χ1n) is 15.6. The molecule has 14 heteroatoms. The van der Waals surface area contributed by atoms with Crippen molar-refractivity contribution in [1.82, 2.24) is 5.32 Å². The van der Waals surface area contributed by atoms with Gasteiger partial charge in [0.1, 0.15) is 42.2 Å². The van der Waals surface area contributed by atoms with E-state index in [2.05, 4.69) is 5.32 Å². The van der Waals surface area contributed by atoms with Crippen LogP contribution in [0, 0.1) is 0 Å². The number of hydrogen-bond donors (Lipinski definition) is 6. The van der Waals surface area contributed by atoms with Gasteiger partial charge in [0.2, 0.25) is 5.78 Å². The summed E-state index contributed by atoms with van der Waals surface area (Å²) in [6.45, 7) is 0.433. The number of phenols is 2. The molecule has 2 aliphatic carbocycles. The van der Waals surface area contributed by atoms with Crippen molar-refractivity contribution in [3.63, 3.8) is 0 Å². The van der Waals surface area contributed by atoms with Crippen LogP contribution in [0.25, 0.3) is 0 Å². The Bertz CT molecular complexity index is 1830. The Morgan fingerprint density at radius 2 is 1.71 bits per heavy atom. The molecular formula is C35H35NO13. The summed E-state index contributed by atoms with van der Waals surface area (Å²) in [7, 11) is 1.31. The normalized spacial score (nSPS) is 25.9. The van der Waals surface area contributed by atoms with E-state index in [9.17, 15) is 44.7 Å². The van der Waals surface area contributed by atoms with E-state index in [0.717, 1.165) is 5.56 Å². The van der Waals surface area contributed by atoms with Crippen molar-refractivity contribution in [3.8, 4) is 17.2 Å². The molecule has 1 fully saturated rings. The maximum atomic E-state index is 13.9. The zero-order valence-corrected chi connectivity index (χ0v) is 26.5. The number of carbonyl (C=O) groups is 4. The molecule has 6 rings (SSSR count). The van der Waals surface area contributed by atoms with Crippen LogP contribution in [0.4, 0.5) is 4.79 Å². The molecule has 258 valence electrons. The van der Waals surface area contributed by atoms with Crippen molar-refractivity contribution in [1.29, 1.82) is 0 Å². The van der Waals surface area contributed by atoms with Crippen molar-refractivity contribution in [2.75, 3.05) is 13.7 Å². The molecule has 6 atom stereocenters. The van der Waals surface area contributed by atoms with Gasteiger partial charge in [0, 0.05) is 36.0 Å². The Kier molecular flexibility index (Phi) is 9.17. The maximum absolute atomic E-state index is 13.9. The number of phenolic OH excluding ortho intramolecular Hbond substituents is 2. The summed E-state index contributed by atoms with van der Waals surface area (Å²) in [5.74, 6) is -4.03. The van der Waals surface area contributed by atoms with E-state index in [1.54, 1.807) is 24.3 Å². The summed E-state index contributed by atoms with van der Waals surface area (Å²) in [6.07, 6.45) is -6.96. The number of nitrogens with one attached hydrogen (secondary N) is 1. The third-order valence-electron chi connectivity index (χ3n) is 9.28. The summed E-state index contributed by atoms with van der Waals surface area (Å²) < 4.78 is 22.6. The third kappa shape index (κ3) is 6.02. The molecule has 3 aliphatic rings. The van der Waals surface area contributed by atoms with E-state index >= 15 is 0 Å². The fourth-order valence-electron chi connectivity index (χ4n) is 6.77. The van der Waals surface area contributed by atoms with E-state index in [4.69, 9.17) is 18.9 Å². The lowest BCUT2D eigenvalue weighted by Gasteiger charge is -2.42. The first-order valence-corrected chi connectivity index (χ1v) is 15.6. The average molecular weight is 678 g/mol. The Morgan fingerprint density at radius 3 is 2.41 bits per heavy atom. The molecule has 1 heterocycles. The van der Waals surface area contributed by atoms with E-state index in [0.29, 0.717) is 0 Å². The van der Waals surface area contributed by atoms with Gasteiger partial charge in [-0.3, -0.25) is 14.4 Å². The number of aliphatic hydroxyl groups is 3. The number of rotatable bonds is 8. The molecule has 1 saturated heterocycles. The lowest BCUT2D eigenvalue weighted by Crippen LogP contribution is -2.56. The number of aliphatic hydroxyl groups excluding tert-OH is 2. The Balaban J connectivity index is 1.34. The molecule has 1 unspecified atom stereocenters. The number of amides is 1. The van der Waals surface area contributed by atoms with Crippen molar-refractivity contribution < 1.29 is 63.7 Å². The Morgan fingerprint density at radius 1 is 1.00 bits per heavy atom. The second kappa shape index (κ2) is 13.2. The summed E-state index contributed by atoms with van der Waals surface area (Å²) in [5, 5.41) is 57.8. The molecule has 14 nitrogen and oxygen atoms in total. The highest BCUT2D eigenvalue weighted by Crippen LogP contribution is 2.52. The van der Waals surface area contributed by atoms with Gasteiger partial charge in [-0.2, -0.15) is 0 Å². The SMILES string of the molecule is COc1cccc2c1C(=O)c1c(O)c3c(c(O)c1C2=O)C[C@@](O)(C(=O)CO)C[C@@H]3OC1C[C@H](NC(=O)OCc2ccccc2)[C@H](O)[C@H](C)O1. The quantitative estimate of drug-likeness (QED) is 0.147. The van der Waals surface area contributed by atoms with Crippen LogP contribution in [0.15, 0.2) is 48.5 Å². The van der Waals surface area contributed by atoms with Crippen LogP contribution >= 0.6 is 0 Å². The molecule has 0 spiro atoms. The number of Topliss-reactive ketones (excluding diaryl/α,β-unsaturated/α-hetero) is 1. The number of ether oxygens (including phenoxy) is 4. The number of carbonyl (C=O) groups excluding carboxylic acids is 4. The lowest BCUT2D eigenvalue weighted by atomic mass is 9.72. The second-order valence-electron chi connectivity index (χ2n) is 12.3. The van der Waals surface area contributed by atoms with Crippen LogP contribution in [0.3, 0.4) is 0 Å². The molecule has 3 aromatic rings. The highest BCUT2D eigenvalue weighted by Gasteiger charge is 2.50. The van der Waals surface area contributed by atoms with E-state index in [-0.39, 0.29) is 41.0 Å². The van der Waals surface area contributed by atoms with Gasteiger partial charge in [0.25, 0.3) is 0 Å². The summed E-state index contributed by atoms with van der Waals surface area (Å²) in [6, 6.07) is 12.3. The molecule has 0 saturated carbocycles. The smallest absolute Gasteiger partial charge is 0.407 e. The highest BCUT2D eigenvalue weighted by molar-refractivity contribution is 6.31. The first kappa shape index (κ1) is 34.0. The zero-order valence-electron chi connectivity index (χ0n) is 26.5. The van der Waals surface area contributed by atoms with Gasteiger partial charge >= 0.3 is 6.09 Å². The molecule has 0 aromatic heterocycles. The topological polar surface area (TPSA) is 218 Å². The number of aromatic hydroxyl groups is 2. The van der Waals surface area contributed by atoms with Crippen molar-refractivity contribution in [3.05, 3.63) is 87.5 Å². The standard InChI is InChI=1S/C35H35NO13/c1-16-29(39)20(36-34(44)47-15-17-7-4-3-5-8-17)11-24(48-16)49-22-13-35(45,23(38)14-37)12-19-26(22)33(43)28-27(31(19)41)30(40)18-9-6-10-21(46-2)25(18)32(28)42/h3-10,16,20,22,24,29,37,39,41,43,45H,11-15H2,1-2H3,(H,36,44)/t16-,20-,22-,24?,29+,35-/m0/s1. The van der Waals surface area contributed by atoms with E-state index in [1.165, 1.54) is 32.2 Å². The molecule has 1 amide bonds. The summed E-state index contributed by atoms with van der Waals surface area (Å²) in [4.78, 5) is 53.0. The van der Waals surface area contributed by atoms with Crippen LogP contribution in [0.5, 0.6) is 17.2 Å². The minimum absolute atomic E-state index is 0.0253. The number of fused-ring (bicyclic) bond motifs is 3. The largest absolute Gasteiger partial charge is 0.507 e.